The number of piperazine rings is 1. The maximum absolute atomic E-state index is 11.9. The summed E-state index contributed by atoms with van der Waals surface area (Å²) in [7, 11) is 0. The molecule has 30 heavy (non-hydrogen) atoms. The molecule has 0 spiro atoms. The van der Waals surface area contributed by atoms with Gasteiger partial charge in [0, 0.05) is 44.5 Å². The van der Waals surface area contributed by atoms with Gasteiger partial charge in [0.25, 0.3) is 5.91 Å². The third-order valence-electron chi connectivity index (χ3n) is 5.13. The van der Waals surface area contributed by atoms with Crippen molar-refractivity contribution in [3.63, 3.8) is 0 Å². The fourth-order valence-corrected chi connectivity index (χ4v) is 3.51. The number of nitro benzene ring substituents is 1. The van der Waals surface area contributed by atoms with Crippen molar-refractivity contribution in [3.05, 3.63) is 64.2 Å². The van der Waals surface area contributed by atoms with Gasteiger partial charge in [-0.25, -0.2) is 0 Å². The lowest BCUT2D eigenvalue weighted by Crippen LogP contribution is -2.47. The summed E-state index contributed by atoms with van der Waals surface area (Å²) in [6.45, 7) is 7.36. The highest BCUT2D eigenvalue weighted by Crippen LogP contribution is 2.25. The van der Waals surface area contributed by atoms with Gasteiger partial charge in [-0.15, -0.1) is 0 Å². The molecule has 1 aliphatic rings. The van der Waals surface area contributed by atoms with Crippen LogP contribution in [0.4, 0.5) is 11.4 Å². The van der Waals surface area contributed by atoms with Crippen molar-refractivity contribution in [1.82, 2.24) is 10.2 Å². The number of aryl methyl sites for hydroxylation is 1. The number of anilines is 1. The Morgan fingerprint density at radius 1 is 1.13 bits per heavy atom. The fraction of sp³-hybridized carbons (Fsp3) is 0.409. The molecule has 0 aromatic heterocycles. The highest BCUT2D eigenvalue weighted by molar-refractivity contribution is 5.77. The first-order valence-electron chi connectivity index (χ1n) is 10.2. The highest BCUT2D eigenvalue weighted by Gasteiger charge is 2.17. The van der Waals surface area contributed by atoms with Crippen LogP contribution in [0.3, 0.4) is 0 Å². The number of nitrogens with zero attached hydrogens (tertiary/aromatic N) is 3. The molecule has 3 rings (SSSR count). The summed E-state index contributed by atoms with van der Waals surface area (Å²) in [6, 6.07) is 14.6. The van der Waals surface area contributed by atoms with Crippen molar-refractivity contribution in [2.24, 2.45) is 0 Å². The van der Waals surface area contributed by atoms with Gasteiger partial charge in [-0.3, -0.25) is 19.8 Å². The van der Waals surface area contributed by atoms with E-state index in [0.717, 1.165) is 39.1 Å². The molecule has 0 bridgehead atoms. The number of rotatable bonds is 9. The van der Waals surface area contributed by atoms with E-state index in [2.05, 4.69) is 46.3 Å². The maximum atomic E-state index is 11.9. The first-order valence-corrected chi connectivity index (χ1v) is 10.2. The zero-order valence-electron chi connectivity index (χ0n) is 17.3. The zero-order chi connectivity index (χ0) is 21.3. The number of nitrogens with one attached hydrogen (secondary N) is 1. The molecular weight excluding hydrogens is 384 g/mol. The van der Waals surface area contributed by atoms with Gasteiger partial charge in [0.2, 0.25) is 0 Å². The largest absolute Gasteiger partial charge is 0.477 e. The molecule has 1 fully saturated rings. The van der Waals surface area contributed by atoms with E-state index in [0.29, 0.717) is 6.54 Å². The van der Waals surface area contributed by atoms with E-state index in [4.69, 9.17) is 4.74 Å². The van der Waals surface area contributed by atoms with Crippen LogP contribution in [0.15, 0.2) is 48.5 Å². The fourth-order valence-electron chi connectivity index (χ4n) is 3.51. The average molecular weight is 412 g/mol. The van der Waals surface area contributed by atoms with Gasteiger partial charge in [0.05, 0.1) is 4.92 Å². The number of amides is 1. The number of ether oxygens (including phenoxy) is 1. The number of carbonyl (C=O) groups is 1. The molecule has 1 heterocycles. The average Bonchev–Trinajstić information content (AvgIpc) is 2.76. The maximum Gasteiger partial charge on any atom is 0.310 e. The summed E-state index contributed by atoms with van der Waals surface area (Å²) in [5.41, 5.74) is 2.41. The smallest absolute Gasteiger partial charge is 0.310 e. The van der Waals surface area contributed by atoms with Gasteiger partial charge in [-0.05, 0) is 43.7 Å². The Kier molecular flexibility index (Phi) is 7.62. The van der Waals surface area contributed by atoms with Crippen molar-refractivity contribution >= 4 is 17.3 Å². The van der Waals surface area contributed by atoms with Gasteiger partial charge in [-0.1, -0.05) is 24.3 Å². The quantitative estimate of drug-likeness (QED) is 0.387. The molecule has 0 radical (unpaired) electrons. The molecule has 1 aliphatic heterocycles. The van der Waals surface area contributed by atoms with Gasteiger partial charge >= 0.3 is 5.69 Å². The second-order valence-electron chi connectivity index (χ2n) is 7.38. The van der Waals surface area contributed by atoms with E-state index >= 15 is 0 Å². The van der Waals surface area contributed by atoms with Crippen LogP contribution >= 0.6 is 0 Å². The summed E-state index contributed by atoms with van der Waals surface area (Å²) < 4.78 is 5.30. The summed E-state index contributed by atoms with van der Waals surface area (Å²) in [5, 5.41) is 13.8. The van der Waals surface area contributed by atoms with E-state index in [1.807, 2.05) is 0 Å². The first-order chi connectivity index (χ1) is 14.5. The molecule has 1 amide bonds. The molecule has 2 aromatic carbocycles. The number of hydrogen-bond donors (Lipinski definition) is 1. The molecule has 0 saturated carbocycles. The van der Waals surface area contributed by atoms with Crippen molar-refractivity contribution in [3.8, 4) is 5.75 Å². The Bertz CT molecular complexity index is 866. The second-order valence-corrected chi connectivity index (χ2v) is 7.38. The molecule has 0 aliphatic carbocycles. The Labute approximate surface area is 176 Å². The predicted octanol–water partition coefficient (Wildman–Crippen LogP) is 2.61. The van der Waals surface area contributed by atoms with Crippen molar-refractivity contribution in [2.75, 3.05) is 50.8 Å². The number of nitro groups is 1. The van der Waals surface area contributed by atoms with E-state index in [-0.39, 0.29) is 24.0 Å². The lowest BCUT2D eigenvalue weighted by atomic mass is 10.2. The van der Waals surface area contributed by atoms with Gasteiger partial charge in [-0.2, -0.15) is 0 Å². The van der Waals surface area contributed by atoms with E-state index < -0.39 is 4.92 Å². The van der Waals surface area contributed by atoms with Gasteiger partial charge in [0.1, 0.15) is 0 Å². The lowest BCUT2D eigenvalue weighted by Gasteiger charge is -2.36. The minimum absolute atomic E-state index is 0.101. The van der Waals surface area contributed by atoms with Crippen LogP contribution in [0.2, 0.25) is 0 Å². The first kappa shape index (κ1) is 21.6. The van der Waals surface area contributed by atoms with Crippen LogP contribution in [0.5, 0.6) is 5.75 Å². The van der Waals surface area contributed by atoms with E-state index in [1.165, 1.54) is 23.4 Å². The molecule has 2 aromatic rings. The molecular formula is C22H28N4O4. The zero-order valence-corrected chi connectivity index (χ0v) is 17.3. The highest BCUT2D eigenvalue weighted by atomic mass is 16.6. The van der Waals surface area contributed by atoms with Crippen LogP contribution in [0.1, 0.15) is 12.0 Å². The Hall–Kier alpha value is -3.13. The second kappa shape index (κ2) is 10.6. The topological polar surface area (TPSA) is 88.0 Å². The number of hydrogen-bond acceptors (Lipinski definition) is 6. The van der Waals surface area contributed by atoms with Crippen LogP contribution in [-0.4, -0.2) is 61.6 Å². The molecule has 160 valence electrons. The lowest BCUT2D eigenvalue weighted by molar-refractivity contribution is -0.385. The van der Waals surface area contributed by atoms with Crippen molar-refractivity contribution in [2.45, 2.75) is 13.3 Å². The third-order valence-corrected chi connectivity index (χ3v) is 5.13. The van der Waals surface area contributed by atoms with E-state index in [9.17, 15) is 14.9 Å². The van der Waals surface area contributed by atoms with Crippen molar-refractivity contribution in [1.29, 1.82) is 0 Å². The molecule has 1 saturated heterocycles. The van der Waals surface area contributed by atoms with E-state index in [1.54, 1.807) is 12.1 Å². The van der Waals surface area contributed by atoms with Crippen LogP contribution < -0.4 is 15.0 Å². The van der Waals surface area contributed by atoms with Crippen LogP contribution in [0, 0.1) is 17.0 Å². The van der Waals surface area contributed by atoms with Crippen LogP contribution in [0.25, 0.3) is 0 Å². The molecule has 8 nitrogen and oxygen atoms in total. The SMILES string of the molecule is Cc1cccc(N2CCN(CCCNC(=O)COc3ccccc3[N+](=O)[O-])CC2)c1. The predicted molar refractivity (Wildman–Crippen MR) is 116 cm³/mol. The van der Waals surface area contributed by atoms with Gasteiger partial charge < -0.3 is 15.0 Å². The summed E-state index contributed by atoms with van der Waals surface area (Å²) in [4.78, 5) is 27.2. The summed E-state index contributed by atoms with van der Waals surface area (Å²) >= 11 is 0. The summed E-state index contributed by atoms with van der Waals surface area (Å²) in [6.07, 6.45) is 0.849. The standard InChI is InChI=1S/C22H28N4O4/c1-18-6-4-7-19(16-18)25-14-12-24(13-15-25)11-5-10-23-22(27)17-30-21-9-3-2-8-20(21)26(28)29/h2-4,6-9,16H,5,10-15,17H2,1H3,(H,23,27). The minimum atomic E-state index is -0.522. The normalized spacial score (nSPS) is 14.4. The Balaban J connectivity index is 1.31. The minimum Gasteiger partial charge on any atom is -0.477 e. The Morgan fingerprint density at radius 2 is 1.90 bits per heavy atom. The Morgan fingerprint density at radius 3 is 2.63 bits per heavy atom. The van der Waals surface area contributed by atoms with Crippen LogP contribution in [-0.2, 0) is 4.79 Å². The van der Waals surface area contributed by atoms with Crippen molar-refractivity contribution < 1.29 is 14.5 Å². The molecule has 8 heteroatoms. The molecule has 0 atom stereocenters. The number of para-hydroxylation sites is 2. The number of benzene rings is 2. The molecule has 0 unspecified atom stereocenters. The number of carbonyl (C=O) groups excluding carboxylic acids is 1. The third kappa shape index (κ3) is 6.18. The summed E-state index contributed by atoms with van der Waals surface area (Å²) in [5.74, 6) is -0.179. The van der Waals surface area contributed by atoms with Gasteiger partial charge in [0.15, 0.2) is 12.4 Å². The molecule has 1 N–H and O–H groups in total. The monoisotopic (exact) mass is 412 g/mol.